The van der Waals surface area contributed by atoms with Crippen molar-refractivity contribution in [2.75, 3.05) is 27.9 Å². The maximum Gasteiger partial charge on any atom is 0.243 e. The third kappa shape index (κ3) is 2.58. The van der Waals surface area contributed by atoms with E-state index >= 15 is 0 Å². The number of sulfonamides is 1. The van der Waals surface area contributed by atoms with E-state index in [0.717, 1.165) is 28.0 Å². The normalized spacial score (nSPS) is 27.0. The smallest absolute Gasteiger partial charge is 0.243 e. The van der Waals surface area contributed by atoms with Crippen LogP contribution in [0.4, 0.5) is 0 Å². The Balaban J connectivity index is 1.60. The molecule has 2 aromatic carbocycles. The molecule has 7 nitrogen and oxygen atoms in total. The van der Waals surface area contributed by atoms with Gasteiger partial charge in [0.2, 0.25) is 10.0 Å². The first-order valence-electron chi connectivity index (χ1n) is 11.4. The van der Waals surface area contributed by atoms with Crippen molar-refractivity contribution in [3.8, 4) is 11.5 Å². The van der Waals surface area contributed by atoms with E-state index in [1.165, 1.54) is 0 Å². The Bertz CT molecular complexity index is 1360. The summed E-state index contributed by atoms with van der Waals surface area (Å²) in [6.45, 7) is 2.32. The van der Waals surface area contributed by atoms with Crippen LogP contribution >= 0.6 is 0 Å². The van der Waals surface area contributed by atoms with E-state index in [9.17, 15) is 8.42 Å². The topological polar surface area (TPSA) is 74.3 Å². The van der Waals surface area contributed by atoms with Gasteiger partial charge in [0, 0.05) is 23.8 Å². The number of piperidine rings is 1. The highest BCUT2D eigenvalue weighted by Crippen LogP contribution is 2.64. The van der Waals surface area contributed by atoms with Crippen molar-refractivity contribution in [2.24, 2.45) is 0 Å². The molecule has 1 fully saturated rings. The first-order chi connectivity index (χ1) is 16.4. The molecular formula is C26H27NO6S. The van der Waals surface area contributed by atoms with Crippen molar-refractivity contribution in [1.29, 1.82) is 0 Å². The van der Waals surface area contributed by atoms with Gasteiger partial charge in [0.05, 0.1) is 37.7 Å². The van der Waals surface area contributed by atoms with Crippen molar-refractivity contribution >= 4 is 10.0 Å². The summed E-state index contributed by atoms with van der Waals surface area (Å²) >= 11 is 0. The van der Waals surface area contributed by atoms with Gasteiger partial charge in [-0.25, -0.2) is 8.42 Å². The highest BCUT2D eigenvalue weighted by atomic mass is 32.2. The van der Waals surface area contributed by atoms with Gasteiger partial charge < -0.3 is 18.9 Å². The van der Waals surface area contributed by atoms with Crippen LogP contribution in [0.2, 0.25) is 0 Å². The number of methoxy groups -OCH3 is 3. The van der Waals surface area contributed by atoms with Crippen LogP contribution in [0.5, 0.6) is 11.5 Å². The molecular weight excluding hydrogens is 454 g/mol. The van der Waals surface area contributed by atoms with Gasteiger partial charge >= 0.3 is 0 Å². The molecule has 2 heterocycles. The molecule has 3 atom stereocenters. The summed E-state index contributed by atoms with van der Waals surface area (Å²) < 4.78 is 53.2. The molecule has 2 bridgehead atoms. The van der Waals surface area contributed by atoms with Gasteiger partial charge in [0.15, 0.2) is 17.6 Å². The molecule has 1 saturated heterocycles. The molecule has 2 aliphatic carbocycles. The summed E-state index contributed by atoms with van der Waals surface area (Å²) in [5.41, 5.74) is 3.55. The SMILES string of the molecule is COC1=CC(OC)=C2[C@H]3Cc4ccc(OC)c5c4[C@@]2(CCN3S(=O)(=O)c2ccc(C)cc2)[C@H]1O5. The first kappa shape index (κ1) is 21.6. The van der Waals surface area contributed by atoms with E-state index in [0.29, 0.717) is 41.5 Å². The van der Waals surface area contributed by atoms with E-state index in [2.05, 4.69) is 0 Å². The number of allylic oxidation sites excluding steroid dienone is 1. The molecule has 34 heavy (non-hydrogen) atoms. The van der Waals surface area contributed by atoms with Crippen molar-refractivity contribution in [2.45, 2.75) is 42.2 Å². The van der Waals surface area contributed by atoms with Crippen molar-refractivity contribution in [3.63, 3.8) is 0 Å². The number of aryl methyl sites for hydroxylation is 1. The van der Waals surface area contributed by atoms with Crippen molar-refractivity contribution < 1.29 is 27.4 Å². The minimum Gasteiger partial charge on any atom is -0.497 e. The van der Waals surface area contributed by atoms with E-state index in [1.54, 1.807) is 37.8 Å². The Morgan fingerprint density at radius 3 is 2.47 bits per heavy atom. The Morgan fingerprint density at radius 1 is 1.03 bits per heavy atom. The second-order valence-electron chi connectivity index (χ2n) is 9.23. The monoisotopic (exact) mass is 481 g/mol. The van der Waals surface area contributed by atoms with Crippen LogP contribution in [-0.4, -0.2) is 52.7 Å². The van der Waals surface area contributed by atoms with Crippen LogP contribution in [0, 0.1) is 6.92 Å². The first-order valence-corrected chi connectivity index (χ1v) is 12.8. The summed E-state index contributed by atoms with van der Waals surface area (Å²) in [5, 5.41) is 0. The van der Waals surface area contributed by atoms with Gasteiger partial charge in [-0.05, 0) is 43.5 Å². The fourth-order valence-electron chi connectivity index (χ4n) is 6.29. The van der Waals surface area contributed by atoms with E-state index in [4.69, 9.17) is 18.9 Å². The van der Waals surface area contributed by atoms with E-state index in [-0.39, 0.29) is 6.04 Å². The summed E-state index contributed by atoms with van der Waals surface area (Å²) in [4.78, 5) is 0.304. The molecule has 178 valence electrons. The van der Waals surface area contributed by atoms with Crippen LogP contribution < -0.4 is 9.47 Å². The molecule has 4 aliphatic rings. The lowest BCUT2D eigenvalue weighted by molar-refractivity contribution is 0.0765. The summed E-state index contributed by atoms with van der Waals surface area (Å²) in [5.74, 6) is 2.70. The average Bonchev–Trinajstić information content (AvgIpc) is 3.18. The molecule has 6 rings (SSSR count). The largest absolute Gasteiger partial charge is 0.497 e. The van der Waals surface area contributed by atoms with E-state index < -0.39 is 21.5 Å². The zero-order valence-electron chi connectivity index (χ0n) is 19.6. The number of hydrogen-bond acceptors (Lipinski definition) is 6. The van der Waals surface area contributed by atoms with Crippen LogP contribution in [0.3, 0.4) is 0 Å². The zero-order valence-corrected chi connectivity index (χ0v) is 20.4. The molecule has 2 aromatic rings. The second-order valence-corrected chi connectivity index (χ2v) is 11.1. The minimum atomic E-state index is -3.72. The van der Waals surface area contributed by atoms with Gasteiger partial charge in [-0.3, -0.25) is 0 Å². The maximum absolute atomic E-state index is 13.9. The van der Waals surface area contributed by atoms with E-state index in [1.807, 2.05) is 37.3 Å². The van der Waals surface area contributed by atoms with Crippen LogP contribution in [0.1, 0.15) is 23.1 Å². The Kier molecular flexibility index (Phi) is 4.60. The highest BCUT2D eigenvalue weighted by Gasteiger charge is 2.65. The second kappa shape index (κ2) is 7.26. The Labute approximate surface area is 199 Å². The molecule has 1 spiro atoms. The fraction of sp³-hybridized carbons (Fsp3) is 0.385. The summed E-state index contributed by atoms with van der Waals surface area (Å²) in [6, 6.07) is 10.6. The highest BCUT2D eigenvalue weighted by molar-refractivity contribution is 7.89. The molecule has 0 amide bonds. The Morgan fingerprint density at radius 2 is 1.79 bits per heavy atom. The fourth-order valence-corrected chi connectivity index (χ4v) is 7.89. The van der Waals surface area contributed by atoms with Gasteiger partial charge in [-0.15, -0.1) is 0 Å². The zero-order chi connectivity index (χ0) is 23.8. The maximum atomic E-state index is 13.9. The van der Waals surface area contributed by atoms with Crippen LogP contribution in [0.15, 0.2) is 64.5 Å². The molecule has 8 heteroatoms. The standard InChI is InChI=1S/C26H27NO6S/c1-15-5-8-17(9-6-15)34(28,29)27-12-11-26-22-16-7-10-19(30-2)24(22)33-25(26)21(32-4)14-20(31-3)23(26)18(27)13-16/h5-10,14,18,25H,11-13H2,1-4H3/t18-,25+,26-/m1/s1. The van der Waals surface area contributed by atoms with Crippen LogP contribution in [-0.2, 0) is 31.3 Å². The summed E-state index contributed by atoms with van der Waals surface area (Å²) in [7, 11) is 1.16. The number of ether oxygens (including phenoxy) is 4. The van der Waals surface area contributed by atoms with Gasteiger partial charge in [-0.1, -0.05) is 23.8 Å². The molecule has 0 unspecified atom stereocenters. The minimum absolute atomic E-state index is 0.304. The van der Waals surface area contributed by atoms with Gasteiger partial charge in [-0.2, -0.15) is 4.31 Å². The van der Waals surface area contributed by atoms with Gasteiger partial charge in [0.1, 0.15) is 11.5 Å². The predicted molar refractivity (Wildman–Crippen MR) is 125 cm³/mol. The molecule has 0 aromatic heterocycles. The van der Waals surface area contributed by atoms with Crippen molar-refractivity contribution in [1.82, 2.24) is 4.31 Å². The number of nitrogens with zero attached hydrogens (tertiary/aromatic N) is 1. The van der Waals surface area contributed by atoms with Gasteiger partial charge in [0.25, 0.3) is 0 Å². The third-order valence-electron chi connectivity index (χ3n) is 7.74. The number of rotatable bonds is 5. The lowest BCUT2D eigenvalue weighted by Gasteiger charge is -2.53. The van der Waals surface area contributed by atoms with Crippen molar-refractivity contribution in [3.05, 3.63) is 76.3 Å². The Hall–Kier alpha value is -2.97. The number of benzene rings is 2. The predicted octanol–water partition coefficient (Wildman–Crippen LogP) is 3.47. The lowest BCUT2D eigenvalue weighted by atomic mass is 9.57. The third-order valence-corrected chi connectivity index (χ3v) is 9.66. The molecule has 0 saturated carbocycles. The van der Waals surface area contributed by atoms with Crippen LogP contribution in [0.25, 0.3) is 0 Å². The lowest BCUT2D eigenvalue weighted by Crippen LogP contribution is -2.61. The quantitative estimate of drug-likeness (QED) is 0.651. The molecule has 2 aliphatic heterocycles. The molecule has 0 N–H and O–H groups in total. The molecule has 0 radical (unpaired) electrons. The number of hydrogen-bond donors (Lipinski definition) is 0. The summed E-state index contributed by atoms with van der Waals surface area (Å²) in [6.07, 6.45) is 2.53. The average molecular weight is 482 g/mol.